The number of phenolic OH excluding ortho intramolecular Hbond substituents is 1. The fourth-order valence-electron chi connectivity index (χ4n) is 3.98. The summed E-state index contributed by atoms with van der Waals surface area (Å²) in [6.45, 7) is 7.20. The smallest absolute Gasteiger partial charge is 0.261 e. The van der Waals surface area contributed by atoms with Crippen LogP contribution in [0.15, 0.2) is 42.5 Å². The number of piperidine rings is 1. The molecule has 0 amide bonds. The van der Waals surface area contributed by atoms with Crippen molar-refractivity contribution in [3.8, 4) is 5.75 Å². The van der Waals surface area contributed by atoms with Crippen LogP contribution in [-0.2, 0) is 15.7 Å². The van der Waals surface area contributed by atoms with Gasteiger partial charge in [-0.2, -0.15) is 8.42 Å². The molecule has 1 fully saturated rings. The first-order valence-electron chi connectivity index (χ1n) is 10.2. The van der Waals surface area contributed by atoms with Crippen molar-refractivity contribution in [3.63, 3.8) is 0 Å². The second kappa shape index (κ2) is 10.1. The highest BCUT2D eigenvalue weighted by molar-refractivity contribution is 7.85. The summed E-state index contributed by atoms with van der Waals surface area (Å²) in [5.41, 5.74) is 2.58. The van der Waals surface area contributed by atoms with Crippen LogP contribution in [0.25, 0.3) is 0 Å². The molecule has 0 aromatic heterocycles. The van der Waals surface area contributed by atoms with E-state index in [9.17, 15) is 23.7 Å². The van der Waals surface area contributed by atoms with Crippen molar-refractivity contribution in [2.45, 2.75) is 51.4 Å². The Hall–Kier alpha value is -1.97. The first-order valence-corrected chi connectivity index (χ1v) is 12.1. The Morgan fingerprint density at radius 2 is 1.48 bits per heavy atom. The van der Waals surface area contributed by atoms with Gasteiger partial charge in [0, 0.05) is 19.1 Å². The van der Waals surface area contributed by atoms with Gasteiger partial charge in [0.2, 0.25) is 0 Å². The molecule has 0 spiro atoms. The first kappa shape index (κ1) is 25.3. The maximum atomic E-state index is 11.0. The number of hydrogen-bond acceptors (Lipinski definition) is 6. The molecular formula is C23H33NO6S. The molecule has 0 radical (unpaired) electrons. The number of likely N-dealkylation sites (tertiary alicyclic amines) is 1. The van der Waals surface area contributed by atoms with Crippen LogP contribution in [0, 0.1) is 13.8 Å². The molecule has 2 aromatic rings. The third-order valence-electron chi connectivity index (χ3n) is 5.82. The number of hydrogen-bond donors (Lipinski definition) is 4. The van der Waals surface area contributed by atoms with Gasteiger partial charge in [-0.1, -0.05) is 30.3 Å². The van der Waals surface area contributed by atoms with E-state index in [0.29, 0.717) is 24.8 Å². The normalized spacial score (nSPS) is 18.5. The predicted octanol–water partition coefficient (Wildman–Crippen LogP) is 2.92. The maximum absolute atomic E-state index is 11.0. The zero-order chi connectivity index (χ0) is 23.4. The summed E-state index contributed by atoms with van der Waals surface area (Å²) < 4.78 is 25.9. The van der Waals surface area contributed by atoms with Gasteiger partial charge >= 0.3 is 0 Å². The summed E-state index contributed by atoms with van der Waals surface area (Å²) in [4.78, 5) is 2.24. The summed E-state index contributed by atoms with van der Waals surface area (Å²) in [6, 6.07) is 13.5. The fraction of sp³-hybridized carbons (Fsp3) is 0.478. The van der Waals surface area contributed by atoms with Crippen molar-refractivity contribution < 1.29 is 28.3 Å². The number of benzene rings is 2. The molecule has 0 aliphatic carbocycles. The molecule has 172 valence electrons. The molecule has 1 aliphatic rings. The van der Waals surface area contributed by atoms with E-state index in [2.05, 4.69) is 4.90 Å². The Labute approximate surface area is 184 Å². The van der Waals surface area contributed by atoms with Crippen LogP contribution in [0.5, 0.6) is 5.75 Å². The van der Waals surface area contributed by atoms with Crippen molar-refractivity contribution in [2.24, 2.45) is 0 Å². The second-order valence-electron chi connectivity index (χ2n) is 8.36. The summed E-state index contributed by atoms with van der Waals surface area (Å²) in [6.07, 6.45) is 1.40. The van der Waals surface area contributed by atoms with E-state index in [1.807, 2.05) is 63.2 Å². The third-order valence-corrected chi connectivity index (χ3v) is 5.82. The maximum Gasteiger partial charge on any atom is 0.261 e. The number of aryl methyl sites for hydroxylation is 2. The molecular weight excluding hydrogens is 418 g/mol. The summed E-state index contributed by atoms with van der Waals surface area (Å²) >= 11 is 0. The van der Waals surface area contributed by atoms with Crippen LogP contribution in [-0.4, -0.2) is 58.6 Å². The summed E-state index contributed by atoms with van der Waals surface area (Å²) in [5, 5.41) is 31.8. The molecule has 0 unspecified atom stereocenters. The van der Waals surface area contributed by atoms with Gasteiger partial charge in [0.15, 0.2) is 0 Å². The predicted molar refractivity (Wildman–Crippen MR) is 121 cm³/mol. The van der Waals surface area contributed by atoms with Crippen LogP contribution in [0.2, 0.25) is 0 Å². The van der Waals surface area contributed by atoms with E-state index in [1.165, 1.54) is 0 Å². The molecule has 3 rings (SSSR count). The molecule has 2 aromatic carbocycles. The van der Waals surface area contributed by atoms with Gasteiger partial charge in [-0.25, -0.2) is 0 Å². The zero-order valence-electron chi connectivity index (χ0n) is 18.5. The molecule has 31 heavy (non-hydrogen) atoms. The first-order chi connectivity index (χ1) is 14.3. The minimum absolute atomic E-state index is 0.0568. The van der Waals surface area contributed by atoms with Gasteiger partial charge in [0.1, 0.15) is 5.75 Å². The number of aromatic hydroxyl groups is 1. The molecule has 1 heterocycles. The Morgan fingerprint density at radius 3 is 1.94 bits per heavy atom. The molecule has 8 heteroatoms. The van der Waals surface area contributed by atoms with Crippen LogP contribution in [0.3, 0.4) is 0 Å². The summed E-state index contributed by atoms with van der Waals surface area (Å²) in [7, 11) is -3.67. The third kappa shape index (κ3) is 7.02. The van der Waals surface area contributed by atoms with E-state index >= 15 is 0 Å². The number of rotatable bonds is 4. The molecule has 1 saturated heterocycles. The average Bonchev–Trinajstić information content (AvgIpc) is 2.70. The Morgan fingerprint density at radius 1 is 1.03 bits per heavy atom. The minimum atomic E-state index is -3.67. The second-order valence-corrected chi connectivity index (χ2v) is 9.82. The van der Waals surface area contributed by atoms with Crippen LogP contribution in [0.4, 0.5) is 0 Å². The van der Waals surface area contributed by atoms with Crippen LogP contribution in [0.1, 0.15) is 48.1 Å². The van der Waals surface area contributed by atoms with E-state index in [0.717, 1.165) is 35.3 Å². The molecule has 1 aliphatic heterocycles. The monoisotopic (exact) mass is 451 g/mol. The number of aliphatic hydroxyl groups excluding tert-OH is 1. The van der Waals surface area contributed by atoms with E-state index in [4.69, 9.17) is 4.55 Å². The molecule has 2 atom stereocenters. The lowest BCUT2D eigenvalue weighted by atomic mass is 9.83. The minimum Gasteiger partial charge on any atom is -0.507 e. The average molecular weight is 452 g/mol. The topological polar surface area (TPSA) is 118 Å². The van der Waals surface area contributed by atoms with Gasteiger partial charge in [-0.3, -0.25) is 9.45 Å². The number of phenols is 1. The lowest BCUT2D eigenvalue weighted by molar-refractivity contribution is -0.0501. The molecule has 0 bridgehead atoms. The quantitative estimate of drug-likeness (QED) is 0.528. The van der Waals surface area contributed by atoms with Crippen molar-refractivity contribution in [1.82, 2.24) is 4.90 Å². The highest BCUT2D eigenvalue weighted by atomic mass is 32.2. The van der Waals surface area contributed by atoms with Gasteiger partial charge in [0.05, 0.1) is 18.0 Å². The summed E-state index contributed by atoms with van der Waals surface area (Å²) in [5.74, 6) is 0.291. The largest absolute Gasteiger partial charge is 0.507 e. The van der Waals surface area contributed by atoms with Crippen molar-refractivity contribution in [2.75, 3.05) is 19.3 Å². The molecule has 4 N–H and O–H groups in total. The molecule has 7 nitrogen and oxygen atoms in total. The Bertz CT molecular complexity index is 938. The van der Waals surface area contributed by atoms with Gasteiger partial charge in [0.25, 0.3) is 10.1 Å². The van der Waals surface area contributed by atoms with E-state index in [1.54, 1.807) is 0 Å². The number of nitrogens with zero attached hydrogens (tertiary/aromatic N) is 1. The van der Waals surface area contributed by atoms with Gasteiger partial charge in [-0.15, -0.1) is 0 Å². The van der Waals surface area contributed by atoms with Crippen LogP contribution >= 0.6 is 0 Å². The van der Waals surface area contributed by atoms with E-state index < -0.39 is 21.8 Å². The van der Waals surface area contributed by atoms with E-state index in [-0.39, 0.29) is 6.04 Å². The van der Waals surface area contributed by atoms with Crippen LogP contribution < -0.4 is 0 Å². The Balaban J connectivity index is 0.000000614. The van der Waals surface area contributed by atoms with Gasteiger partial charge < -0.3 is 15.3 Å². The van der Waals surface area contributed by atoms with Gasteiger partial charge in [-0.05, 0) is 68.0 Å². The fourth-order valence-corrected chi connectivity index (χ4v) is 3.98. The van der Waals surface area contributed by atoms with Crippen molar-refractivity contribution in [3.05, 3.63) is 64.7 Å². The highest BCUT2D eigenvalue weighted by Gasteiger charge is 2.36. The Kier molecular flexibility index (Phi) is 8.24. The lowest BCUT2D eigenvalue weighted by Gasteiger charge is -2.42. The lowest BCUT2D eigenvalue weighted by Crippen LogP contribution is -2.47. The standard InChI is InChI=1S/C22H29NO3.CH4O3S/c1-15-13-18(14-16(2)20(15)24)21(25)17(3)23-11-9-22(26,10-12-23)19-7-5-4-6-8-19;1-5(2,3)4/h4-8,13-14,17,21,24-26H,9-12H2,1-3H3;1H3,(H,2,3,4)/t17-,21+;/m1./s1. The van der Waals surface area contributed by atoms with Crippen molar-refractivity contribution in [1.29, 1.82) is 0 Å². The SMILES string of the molecule is CS(=O)(=O)O.Cc1cc([C@@H](O)[C@@H](C)N2CCC(O)(c3ccccc3)CC2)cc(C)c1O. The zero-order valence-corrected chi connectivity index (χ0v) is 19.3. The molecule has 0 saturated carbocycles. The number of aliphatic hydroxyl groups is 2. The highest BCUT2D eigenvalue weighted by Crippen LogP contribution is 2.35. The van der Waals surface area contributed by atoms with Crippen molar-refractivity contribution >= 4 is 10.1 Å².